The molecule has 3 aromatic rings. The normalized spacial score (nSPS) is 11.5. The van der Waals surface area contributed by atoms with Gasteiger partial charge in [-0.3, -0.25) is 4.98 Å². The molecule has 1 atom stereocenters. The third-order valence-electron chi connectivity index (χ3n) is 4.57. The molecule has 0 unspecified atom stereocenters. The Morgan fingerprint density at radius 2 is 1.87 bits per heavy atom. The summed E-state index contributed by atoms with van der Waals surface area (Å²) in [4.78, 5) is 25.2. The van der Waals surface area contributed by atoms with Crippen molar-refractivity contribution in [2.75, 3.05) is 24.9 Å². The molecule has 0 aliphatic heterocycles. The number of ether oxygens (including phenoxy) is 2. The Morgan fingerprint density at radius 3 is 2.53 bits per heavy atom. The molecular formula is C22H25N5O3. The Labute approximate surface area is 175 Å². The van der Waals surface area contributed by atoms with Crippen LogP contribution in [0.3, 0.4) is 0 Å². The molecule has 0 radical (unpaired) electrons. The van der Waals surface area contributed by atoms with Crippen LogP contribution in [0.4, 0.5) is 17.5 Å². The van der Waals surface area contributed by atoms with E-state index < -0.39 is 5.97 Å². The molecule has 8 nitrogen and oxygen atoms in total. The Bertz CT molecular complexity index is 1010. The lowest BCUT2D eigenvalue weighted by Gasteiger charge is -2.16. The number of hydrogen-bond donors (Lipinski definition) is 2. The van der Waals surface area contributed by atoms with Crippen LogP contribution >= 0.6 is 0 Å². The van der Waals surface area contributed by atoms with Crippen LogP contribution in [0.25, 0.3) is 11.3 Å². The largest absolute Gasteiger partial charge is 0.495 e. The number of rotatable bonds is 8. The molecule has 3 rings (SSSR count). The zero-order chi connectivity index (χ0) is 21.5. The summed E-state index contributed by atoms with van der Waals surface area (Å²) in [7, 11) is 2.91. The van der Waals surface area contributed by atoms with Gasteiger partial charge in [0.15, 0.2) is 0 Å². The molecule has 0 fully saturated rings. The number of aromatic nitrogens is 3. The van der Waals surface area contributed by atoms with Crippen molar-refractivity contribution in [1.82, 2.24) is 15.0 Å². The first kappa shape index (κ1) is 21.0. The predicted molar refractivity (Wildman–Crippen MR) is 116 cm³/mol. The van der Waals surface area contributed by atoms with Crippen LogP contribution in [0.1, 0.15) is 30.6 Å². The molecule has 0 bridgehead atoms. The van der Waals surface area contributed by atoms with Gasteiger partial charge in [0, 0.05) is 30.1 Å². The lowest BCUT2D eigenvalue weighted by molar-refractivity contribution is 0.0600. The lowest BCUT2D eigenvalue weighted by Crippen LogP contribution is -2.16. The van der Waals surface area contributed by atoms with Gasteiger partial charge >= 0.3 is 5.97 Å². The van der Waals surface area contributed by atoms with Crippen molar-refractivity contribution < 1.29 is 14.3 Å². The van der Waals surface area contributed by atoms with Gasteiger partial charge < -0.3 is 20.1 Å². The van der Waals surface area contributed by atoms with Crippen molar-refractivity contribution in [2.45, 2.75) is 26.3 Å². The lowest BCUT2D eigenvalue weighted by atomic mass is 10.1. The van der Waals surface area contributed by atoms with Crippen LogP contribution < -0.4 is 15.4 Å². The van der Waals surface area contributed by atoms with Crippen LogP contribution in [0.5, 0.6) is 5.75 Å². The van der Waals surface area contributed by atoms with Crippen molar-refractivity contribution in [3.05, 3.63) is 54.4 Å². The van der Waals surface area contributed by atoms with E-state index in [4.69, 9.17) is 9.47 Å². The molecule has 0 aliphatic rings. The molecule has 2 aromatic heterocycles. The highest BCUT2D eigenvalue weighted by Crippen LogP contribution is 2.30. The number of nitrogens with zero attached hydrogens (tertiary/aromatic N) is 3. The van der Waals surface area contributed by atoms with Crippen molar-refractivity contribution in [2.24, 2.45) is 0 Å². The van der Waals surface area contributed by atoms with E-state index in [9.17, 15) is 4.79 Å². The Kier molecular flexibility index (Phi) is 6.79. The summed E-state index contributed by atoms with van der Waals surface area (Å²) in [6, 6.07) is 10.8. The van der Waals surface area contributed by atoms with Crippen LogP contribution in [-0.4, -0.2) is 41.2 Å². The van der Waals surface area contributed by atoms with Gasteiger partial charge in [-0.05, 0) is 43.7 Å². The second kappa shape index (κ2) is 9.69. The summed E-state index contributed by atoms with van der Waals surface area (Å²) in [5.74, 6) is 1.20. The fourth-order valence-electron chi connectivity index (χ4n) is 2.76. The van der Waals surface area contributed by atoms with Gasteiger partial charge in [0.1, 0.15) is 11.6 Å². The number of carbonyl (C=O) groups excluding carboxylic acids is 1. The fraction of sp³-hybridized carbons (Fsp3) is 0.273. The Hall–Kier alpha value is -3.68. The van der Waals surface area contributed by atoms with E-state index in [0.717, 1.165) is 17.7 Å². The second-order valence-corrected chi connectivity index (χ2v) is 6.68. The second-order valence-electron chi connectivity index (χ2n) is 6.68. The zero-order valence-corrected chi connectivity index (χ0v) is 17.5. The summed E-state index contributed by atoms with van der Waals surface area (Å²) in [6.45, 7) is 4.16. The quantitative estimate of drug-likeness (QED) is 0.534. The highest BCUT2D eigenvalue weighted by atomic mass is 16.5. The third kappa shape index (κ3) is 5.02. The van der Waals surface area contributed by atoms with E-state index in [1.165, 1.54) is 7.11 Å². The van der Waals surface area contributed by atoms with Crippen LogP contribution in [0, 0.1) is 0 Å². The topological polar surface area (TPSA) is 98.3 Å². The van der Waals surface area contributed by atoms with Gasteiger partial charge in [-0.1, -0.05) is 6.92 Å². The molecule has 0 amide bonds. The van der Waals surface area contributed by atoms with E-state index in [1.54, 1.807) is 37.7 Å². The van der Waals surface area contributed by atoms with Crippen LogP contribution in [0.15, 0.2) is 48.8 Å². The maximum absolute atomic E-state index is 11.9. The van der Waals surface area contributed by atoms with Crippen LogP contribution in [-0.2, 0) is 4.74 Å². The van der Waals surface area contributed by atoms with Crippen molar-refractivity contribution in [3.63, 3.8) is 0 Å². The monoisotopic (exact) mass is 407 g/mol. The van der Waals surface area contributed by atoms with E-state index in [-0.39, 0.29) is 6.04 Å². The molecule has 0 saturated carbocycles. The average Bonchev–Trinajstić information content (AvgIpc) is 2.78. The summed E-state index contributed by atoms with van der Waals surface area (Å²) in [5.41, 5.74) is 2.65. The fourth-order valence-corrected chi connectivity index (χ4v) is 2.76. The maximum atomic E-state index is 11.9. The van der Waals surface area contributed by atoms with E-state index in [1.807, 2.05) is 18.2 Å². The molecule has 8 heteroatoms. The molecule has 156 valence electrons. The first-order chi connectivity index (χ1) is 14.5. The number of benzene rings is 1. The number of hydrogen-bond acceptors (Lipinski definition) is 8. The Morgan fingerprint density at radius 1 is 1.10 bits per heavy atom. The molecule has 0 spiro atoms. The predicted octanol–water partition coefficient (Wildman–Crippen LogP) is 4.29. The summed E-state index contributed by atoms with van der Waals surface area (Å²) in [5, 5.41) is 6.56. The van der Waals surface area contributed by atoms with Gasteiger partial charge in [0.05, 0.1) is 31.2 Å². The first-order valence-corrected chi connectivity index (χ1v) is 9.63. The van der Waals surface area contributed by atoms with Gasteiger partial charge in [-0.15, -0.1) is 0 Å². The molecule has 0 saturated heterocycles. The maximum Gasteiger partial charge on any atom is 0.337 e. The van der Waals surface area contributed by atoms with Gasteiger partial charge in [-0.25, -0.2) is 9.78 Å². The Balaban J connectivity index is 2.02. The highest BCUT2D eigenvalue weighted by Gasteiger charge is 2.13. The molecule has 1 aromatic carbocycles. The molecule has 2 heterocycles. The average molecular weight is 407 g/mol. The summed E-state index contributed by atoms with van der Waals surface area (Å²) in [6.07, 6.45) is 4.37. The molecule has 0 aliphatic carbocycles. The zero-order valence-electron chi connectivity index (χ0n) is 17.5. The number of anilines is 3. The summed E-state index contributed by atoms with van der Waals surface area (Å²) >= 11 is 0. The van der Waals surface area contributed by atoms with Crippen LogP contribution in [0.2, 0.25) is 0 Å². The first-order valence-electron chi connectivity index (χ1n) is 9.63. The standard InChI is InChI=1S/C22H25N5O3/c1-5-14(2)24-22-26-17(15-8-10-23-11-9-15)13-20(27-22)25-18-12-16(21(28)30-4)6-7-19(18)29-3/h6-14H,5H2,1-4H3,(H2,24,25,26,27)/t14-/m0/s1. The number of nitrogens with one attached hydrogen (secondary N) is 2. The number of methoxy groups -OCH3 is 2. The number of carbonyl (C=O) groups is 1. The van der Waals surface area contributed by atoms with E-state index in [2.05, 4.69) is 39.4 Å². The van der Waals surface area contributed by atoms with Crippen molar-refractivity contribution in [1.29, 1.82) is 0 Å². The molecular weight excluding hydrogens is 382 g/mol. The van der Waals surface area contributed by atoms with Gasteiger partial charge in [-0.2, -0.15) is 4.98 Å². The minimum absolute atomic E-state index is 0.211. The smallest absolute Gasteiger partial charge is 0.337 e. The molecule has 30 heavy (non-hydrogen) atoms. The van der Waals surface area contributed by atoms with Crippen molar-refractivity contribution in [3.8, 4) is 17.0 Å². The summed E-state index contributed by atoms with van der Waals surface area (Å²) < 4.78 is 10.2. The minimum atomic E-state index is -0.431. The third-order valence-corrected chi connectivity index (χ3v) is 4.57. The highest BCUT2D eigenvalue weighted by molar-refractivity contribution is 5.91. The van der Waals surface area contributed by atoms with E-state index >= 15 is 0 Å². The minimum Gasteiger partial charge on any atom is -0.495 e. The van der Waals surface area contributed by atoms with E-state index in [0.29, 0.717) is 28.8 Å². The molecule has 2 N–H and O–H groups in total. The van der Waals surface area contributed by atoms with Gasteiger partial charge in [0.2, 0.25) is 5.95 Å². The van der Waals surface area contributed by atoms with Gasteiger partial charge in [0.25, 0.3) is 0 Å². The number of esters is 1. The SMILES string of the molecule is CC[C@H](C)Nc1nc(Nc2cc(C(=O)OC)ccc2OC)cc(-c2ccncc2)n1. The number of pyridine rings is 1. The van der Waals surface area contributed by atoms with Crippen molar-refractivity contribution >= 4 is 23.4 Å².